The second kappa shape index (κ2) is 14.2. The molecule has 0 aliphatic heterocycles. The van der Waals surface area contributed by atoms with Crippen molar-refractivity contribution in [2.75, 3.05) is 0 Å². The van der Waals surface area contributed by atoms with E-state index in [4.69, 9.17) is 11.5 Å². The van der Waals surface area contributed by atoms with Gasteiger partial charge in [-0.2, -0.15) is 0 Å². The number of aliphatic hydroxyl groups excluding tert-OH is 1. The number of carbonyl (C=O) groups is 6. The number of carboxylic acids is 1. The molecule has 5 amide bonds. The van der Waals surface area contributed by atoms with Gasteiger partial charge >= 0.3 is 5.97 Å². The first-order valence-electron chi connectivity index (χ1n) is 11.2. The van der Waals surface area contributed by atoms with Crippen LogP contribution in [-0.4, -0.2) is 82.0 Å². The van der Waals surface area contributed by atoms with Crippen molar-refractivity contribution in [3.63, 3.8) is 0 Å². The number of carboxylic acid groups (broad SMARTS) is 1. The summed E-state index contributed by atoms with van der Waals surface area (Å²) in [4.78, 5) is 73.2. The van der Waals surface area contributed by atoms with Crippen LogP contribution in [0.25, 0.3) is 0 Å². The number of primary amides is 1. The number of amides is 5. The zero-order chi connectivity index (χ0) is 27.6. The Labute approximate surface area is 203 Å². The molecule has 0 bridgehead atoms. The van der Waals surface area contributed by atoms with Crippen molar-refractivity contribution >= 4 is 35.5 Å². The Bertz CT molecular complexity index is 799. The fourth-order valence-corrected chi connectivity index (χ4v) is 2.91. The van der Waals surface area contributed by atoms with Crippen molar-refractivity contribution in [2.45, 2.75) is 84.3 Å². The Morgan fingerprint density at radius 3 is 1.43 bits per heavy atom. The number of aliphatic carboxylic acids is 1. The van der Waals surface area contributed by atoms with E-state index < -0.39 is 90.1 Å². The second-order valence-corrected chi connectivity index (χ2v) is 9.05. The summed E-state index contributed by atoms with van der Waals surface area (Å²) < 4.78 is 0. The molecule has 6 atom stereocenters. The average Bonchev–Trinajstić information content (AvgIpc) is 2.71. The molecule has 0 spiro atoms. The zero-order valence-corrected chi connectivity index (χ0v) is 20.8. The maximum absolute atomic E-state index is 12.9. The minimum atomic E-state index is -1.62. The highest BCUT2D eigenvalue weighted by atomic mass is 16.4. The minimum absolute atomic E-state index is 0.405. The third-order valence-corrected chi connectivity index (χ3v) is 4.99. The zero-order valence-electron chi connectivity index (χ0n) is 20.8. The molecule has 0 aliphatic rings. The molecule has 0 rings (SSSR count). The summed E-state index contributed by atoms with van der Waals surface area (Å²) in [5.41, 5.74) is 10.7. The van der Waals surface area contributed by atoms with Gasteiger partial charge in [-0.15, -0.1) is 0 Å². The van der Waals surface area contributed by atoms with Gasteiger partial charge in [0.25, 0.3) is 0 Å². The number of carbonyl (C=O) groups excluding carboxylic acids is 5. The first-order valence-corrected chi connectivity index (χ1v) is 11.2. The van der Waals surface area contributed by atoms with Crippen LogP contribution >= 0.6 is 0 Å². The molecule has 0 heterocycles. The lowest BCUT2D eigenvalue weighted by atomic mass is 10.0. The highest BCUT2D eigenvalue weighted by Gasteiger charge is 2.34. The maximum Gasteiger partial charge on any atom is 0.328 e. The molecule has 0 unspecified atom stereocenters. The number of hydrogen-bond acceptors (Lipinski definition) is 8. The normalized spacial score (nSPS) is 16.3. The quantitative estimate of drug-likeness (QED) is 0.120. The van der Waals surface area contributed by atoms with E-state index in [1.807, 2.05) is 0 Å². The van der Waals surface area contributed by atoms with Crippen molar-refractivity contribution in [1.29, 1.82) is 0 Å². The van der Waals surface area contributed by atoms with Crippen molar-refractivity contribution in [3.05, 3.63) is 0 Å². The van der Waals surface area contributed by atoms with E-state index in [1.54, 1.807) is 27.7 Å². The van der Waals surface area contributed by atoms with Crippen LogP contribution in [0.2, 0.25) is 0 Å². The molecule has 14 nitrogen and oxygen atoms in total. The predicted molar refractivity (Wildman–Crippen MR) is 124 cm³/mol. The van der Waals surface area contributed by atoms with Crippen LogP contribution in [0.4, 0.5) is 0 Å². The highest BCUT2D eigenvalue weighted by Crippen LogP contribution is 2.07. The minimum Gasteiger partial charge on any atom is -0.480 e. The van der Waals surface area contributed by atoms with E-state index in [2.05, 4.69) is 21.3 Å². The Hall–Kier alpha value is -3.26. The number of nitrogens with two attached hydrogens (primary N) is 2. The SMILES string of the molecule is CC(C)[C@H](NC(=O)[C@H](C)N)C(=O)N[C@@H](CC(N)=O)C(=O)N[C@H](C(=O)N[C@H](C(=O)O)[C@@H](C)O)C(C)C. The second-order valence-electron chi connectivity index (χ2n) is 9.05. The van der Waals surface area contributed by atoms with Gasteiger partial charge in [0.05, 0.1) is 18.6 Å². The van der Waals surface area contributed by atoms with Crippen LogP contribution < -0.4 is 32.7 Å². The first kappa shape index (κ1) is 31.7. The van der Waals surface area contributed by atoms with Crippen molar-refractivity contribution < 1.29 is 39.0 Å². The number of nitrogens with one attached hydrogen (secondary N) is 4. The molecule has 0 aromatic carbocycles. The lowest BCUT2D eigenvalue weighted by Crippen LogP contribution is -2.61. The van der Waals surface area contributed by atoms with Gasteiger partial charge in [0.1, 0.15) is 18.1 Å². The lowest BCUT2D eigenvalue weighted by Gasteiger charge is -2.28. The Morgan fingerprint density at radius 1 is 0.686 bits per heavy atom. The van der Waals surface area contributed by atoms with Crippen molar-refractivity contribution in [2.24, 2.45) is 23.3 Å². The fourth-order valence-electron chi connectivity index (χ4n) is 2.91. The lowest BCUT2D eigenvalue weighted by molar-refractivity contribution is -0.145. The Kier molecular flexibility index (Phi) is 12.9. The monoisotopic (exact) mass is 502 g/mol. The summed E-state index contributed by atoms with van der Waals surface area (Å²) in [7, 11) is 0. The molecule has 35 heavy (non-hydrogen) atoms. The summed E-state index contributed by atoms with van der Waals surface area (Å²) in [5.74, 6) is -6.55. The molecule has 200 valence electrons. The predicted octanol–water partition coefficient (Wildman–Crippen LogP) is -3.07. The molecule has 0 aromatic rings. The molecule has 14 heteroatoms. The van der Waals surface area contributed by atoms with Gasteiger partial charge in [-0.25, -0.2) is 4.79 Å². The van der Waals surface area contributed by atoms with Crippen molar-refractivity contribution in [3.8, 4) is 0 Å². The van der Waals surface area contributed by atoms with Crippen molar-refractivity contribution in [1.82, 2.24) is 21.3 Å². The van der Waals surface area contributed by atoms with Crippen LogP contribution in [-0.2, 0) is 28.8 Å². The average molecular weight is 503 g/mol. The largest absolute Gasteiger partial charge is 0.480 e. The molecule has 10 N–H and O–H groups in total. The fraction of sp³-hybridized carbons (Fsp3) is 0.714. The summed E-state index contributed by atoms with van der Waals surface area (Å²) in [6.07, 6.45) is -2.03. The molecule has 0 aromatic heterocycles. The number of aliphatic hydroxyl groups is 1. The highest BCUT2D eigenvalue weighted by molar-refractivity contribution is 5.97. The topological polar surface area (TPSA) is 243 Å². The molecule has 0 saturated heterocycles. The van der Waals surface area contributed by atoms with Crippen LogP contribution in [0.1, 0.15) is 48.0 Å². The smallest absolute Gasteiger partial charge is 0.328 e. The van der Waals surface area contributed by atoms with E-state index in [9.17, 15) is 39.0 Å². The van der Waals surface area contributed by atoms with Gasteiger partial charge in [-0.1, -0.05) is 27.7 Å². The number of hydrogen-bond donors (Lipinski definition) is 8. The first-order chi connectivity index (χ1) is 16.0. The third kappa shape index (κ3) is 10.7. The third-order valence-electron chi connectivity index (χ3n) is 4.99. The molecular weight excluding hydrogens is 464 g/mol. The van der Waals surface area contributed by atoms with E-state index >= 15 is 0 Å². The maximum atomic E-state index is 12.9. The molecular formula is C21H38N6O8. The van der Waals surface area contributed by atoms with E-state index in [-0.39, 0.29) is 0 Å². The summed E-state index contributed by atoms with van der Waals surface area (Å²) >= 11 is 0. The standard InChI is InChI=1S/C21H38N6O8/c1-8(2)14(25-17(30)10(5)22)19(32)24-12(7-13(23)29)18(31)26-15(9(3)4)20(33)27-16(11(6)28)21(34)35/h8-12,14-16,28H,7,22H2,1-6H3,(H2,23,29)(H,24,32)(H,25,30)(H,26,31)(H,27,33)(H,34,35)/t10-,11+,12-,14-,15-,16-/m0/s1. The summed E-state index contributed by atoms with van der Waals surface area (Å²) in [5, 5.41) is 28.1. The van der Waals surface area contributed by atoms with Gasteiger partial charge in [0, 0.05) is 0 Å². The van der Waals surface area contributed by atoms with Crippen LogP contribution in [0.15, 0.2) is 0 Å². The van der Waals surface area contributed by atoms with E-state index in [0.29, 0.717) is 0 Å². The molecule has 0 fully saturated rings. The van der Waals surface area contributed by atoms with Gasteiger partial charge in [-0.05, 0) is 25.7 Å². The van der Waals surface area contributed by atoms with Gasteiger partial charge in [0.15, 0.2) is 6.04 Å². The molecule has 0 saturated carbocycles. The Balaban J connectivity index is 5.70. The van der Waals surface area contributed by atoms with E-state index in [1.165, 1.54) is 13.8 Å². The van der Waals surface area contributed by atoms with Gasteiger partial charge in [-0.3, -0.25) is 24.0 Å². The Morgan fingerprint density at radius 2 is 1.09 bits per heavy atom. The number of rotatable bonds is 14. The summed E-state index contributed by atoms with van der Waals surface area (Å²) in [6, 6.07) is -6.36. The van der Waals surface area contributed by atoms with Crippen LogP contribution in [0.3, 0.4) is 0 Å². The molecule has 0 radical (unpaired) electrons. The van der Waals surface area contributed by atoms with Crippen LogP contribution in [0.5, 0.6) is 0 Å². The van der Waals surface area contributed by atoms with E-state index in [0.717, 1.165) is 0 Å². The van der Waals surface area contributed by atoms with Gasteiger partial charge < -0.3 is 42.9 Å². The summed E-state index contributed by atoms with van der Waals surface area (Å²) in [6.45, 7) is 9.04. The van der Waals surface area contributed by atoms with Gasteiger partial charge in [0.2, 0.25) is 29.5 Å². The van der Waals surface area contributed by atoms with Crippen LogP contribution in [0, 0.1) is 11.8 Å². The molecule has 0 aliphatic carbocycles.